The molecule has 0 aromatic heterocycles. The number of nitrogens with one attached hydrogen (secondary N) is 1. The Balaban J connectivity index is 2.68. The van der Waals surface area contributed by atoms with Gasteiger partial charge in [0.2, 0.25) is 5.91 Å². The lowest BCUT2D eigenvalue weighted by molar-refractivity contribution is -0.120. The van der Waals surface area contributed by atoms with E-state index in [-0.39, 0.29) is 10.7 Å². The molecule has 0 unspecified atom stereocenters. The van der Waals surface area contributed by atoms with Gasteiger partial charge in [0.1, 0.15) is 4.83 Å². The summed E-state index contributed by atoms with van der Waals surface area (Å²) in [4.78, 5) is 11.1. The van der Waals surface area contributed by atoms with Crippen LogP contribution in [0.3, 0.4) is 0 Å². The average Bonchev–Trinajstić information content (AvgIpc) is 2.18. The van der Waals surface area contributed by atoms with Crippen molar-refractivity contribution < 1.29 is 4.79 Å². The van der Waals surface area contributed by atoms with Gasteiger partial charge in [-0.2, -0.15) is 0 Å². The summed E-state index contributed by atoms with van der Waals surface area (Å²) in [5, 5.41) is 2.76. The van der Waals surface area contributed by atoms with Crippen LogP contribution in [-0.2, 0) is 4.79 Å². The highest BCUT2D eigenvalue weighted by molar-refractivity contribution is 9.09. The fraction of sp³-hybridized carbons (Fsp3) is 0.300. The van der Waals surface area contributed by atoms with Crippen molar-refractivity contribution in [1.82, 2.24) is 5.32 Å². The third kappa shape index (κ3) is 2.84. The fourth-order valence-corrected chi connectivity index (χ4v) is 1.50. The molecular weight excluding hydrogens is 230 g/mol. The zero-order chi connectivity index (χ0) is 9.68. The first-order valence-electron chi connectivity index (χ1n) is 4.22. The zero-order valence-electron chi connectivity index (χ0n) is 7.46. The molecule has 1 rings (SSSR count). The number of carbonyl (C=O) groups is 1. The van der Waals surface area contributed by atoms with Gasteiger partial charge in [-0.3, -0.25) is 4.79 Å². The molecule has 0 aliphatic heterocycles. The molecule has 1 N–H and O–H groups in total. The molecule has 13 heavy (non-hydrogen) atoms. The molecule has 0 saturated heterocycles. The third-order valence-electron chi connectivity index (χ3n) is 1.67. The third-order valence-corrected chi connectivity index (χ3v) is 2.62. The van der Waals surface area contributed by atoms with Gasteiger partial charge >= 0.3 is 0 Å². The van der Waals surface area contributed by atoms with Crippen molar-refractivity contribution in [3.8, 4) is 0 Å². The number of benzene rings is 1. The van der Waals surface area contributed by atoms with Crippen molar-refractivity contribution >= 4 is 21.8 Å². The van der Waals surface area contributed by atoms with Gasteiger partial charge in [-0.1, -0.05) is 46.3 Å². The first-order chi connectivity index (χ1) is 6.25. The van der Waals surface area contributed by atoms with Crippen molar-refractivity contribution in [2.75, 3.05) is 6.54 Å². The molecule has 0 radical (unpaired) electrons. The molecule has 3 heteroatoms. The highest BCUT2D eigenvalue weighted by Gasteiger charge is 2.14. The lowest BCUT2D eigenvalue weighted by Gasteiger charge is -2.09. The van der Waals surface area contributed by atoms with E-state index < -0.39 is 0 Å². The minimum Gasteiger partial charge on any atom is -0.355 e. The summed E-state index contributed by atoms with van der Waals surface area (Å²) in [6.07, 6.45) is 0. The van der Waals surface area contributed by atoms with Crippen LogP contribution in [0.2, 0.25) is 0 Å². The average molecular weight is 242 g/mol. The van der Waals surface area contributed by atoms with Gasteiger partial charge in [0.05, 0.1) is 0 Å². The van der Waals surface area contributed by atoms with Crippen LogP contribution in [0.1, 0.15) is 17.3 Å². The van der Waals surface area contributed by atoms with Crippen LogP contribution >= 0.6 is 15.9 Å². The number of alkyl halides is 1. The van der Waals surface area contributed by atoms with E-state index in [1.807, 2.05) is 37.3 Å². The maximum absolute atomic E-state index is 11.4. The molecule has 0 heterocycles. The van der Waals surface area contributed by atoms with Gasteiger partial charge in [-0.25, -0.2) is 0 Å². The van der Waals surface area contributed by atoms with Crippen LogP contribution in [0.5, 0.6) is 0 Å². The Bertz CT molecular complexity index is 274. The highest BCUT2D eigenvalue weighted by atomic mass is 79.9. The lowest BCUT2D eigenvalue weighted by Crippen LogP contribution is -2.26. The Morgan fingerprint density at radius 1 is 1.46 bits per heavy atom. The number of likely N-dealkylation sites (N-methyl/N-ethyl adjacent to an activating group) is 1. The smallest absolute Gasteiger partial charge is 0.238 e. The molecule has 0 spiro atoms. The Morgan fingerprint density at radius 3 is 2.62 bits per heavy atom. The quantitative estimate of drug-likeness (QED) is 0.809. The second-order valence-corrected chi connectivity index (χ2v) is 3.58. The van der Waals surface area contributed by atoms with Gasteiger partial charge in [-0.15, -0.1) is 0 Å². The second-order valence-electron chi connectivity index (χ2n) is 2.67. The van der Waals surface area contributed by atoms with E-state index in [0.717, 1.165) is 5.56 Å². The van der Waals surface area contributed by atoms with Crippen molar-refractivity contribution in [3.63, 3.8) is 0 Å². The molecule has 1 atom stereocenters. The molecule has 0 aliphatic carbocycles. The van der Waals surface area contributed by atoms with Gasteiger partial charge in [0.25, 0.3) is 0 Å². The van der Waals surface area contributed by atoms with Gasteiger partial charge in [0, 0.05) is 6.54 Å². The van der Waals surface area contributed by atoms with Crippen LogP contribution < -0.4 is 5.32 Å². The second kappa shape index (κ2) is 5.02. The first-order valence-corrected chi connectivity index (χ1v) is 5.14. The van der Waals surface area contributed by atoms with Crippen molar-refractivity contribution in [2.24, 2.45) is 0 Å². The molecule has 1 aromatic rings. The molecule has 0 aliphatic rings. The van der Waals surface area contributed by atoms with E-state index in [9.17, 15) is 4.79 Å². The van der Waals surface area contributed by atoms with E-state index in [1.165, 1.54) is 0 Å². The minimum absolute atomic E-state index is 0.00806. The molecule has 0 bridgehead atoms. The highest BCUT2D eigenvalue weighted by Crippen LogP contribution is 2.21. The van der Waals surface area contributed by atoms with E-state index >= 15 is 0 Å². The summed E-state index contributed by atoms with van der Waals surface area (Å²) in [7, 11) is 0. The lowest BCUT2D eigenvalue weighted by atomic mass is 10.1. The normalized spacial score (nSPS) is 12.2. The van der Waals surface area contributed by atoms with Crippen LogP contribution in [0.15, 0.2) is 30.3 Å². The number of halogens is 1. The Hall–Kier alpha value is -0.830. The minimum atomic E-state index is -0.242. The topological polar surface area (TPSA) is 29.1 Å². The monoisotopic (exact) mass is 241 g/mol. The Kier molecular flexibility index (Phi) is 3.96. The van der Waals surface area contributed by atoms with Crippen molar-refractivity contribution in [3.05, 3.63) is 35.9 Å². The SMILES string of the molecule is CCNC(=O)[C@@H](Br)c1ccccc1. The fourth-order valence-electron chi connectivity index (χ4n) is 1.04. The summed E-state index contributed by atoms with van der Waals surface area (Å²) in [6.45, 7) is 2.57. The molecule has 1 aromatic carbocycles. The van der Waals surface area contributed by atoms with E-state index in [1.54, 1.807) is 0 Å². The Morgan fingerprint density at radius 2 is 2.08 bits per heavy atom. The number of carbonyl (C=O) groups excluding carboxylic acids is 1. The number of amides is 1. The molecule has 70 valence electrons. The van der Waals surface area contributed by atoms with Crippen molar-refractivity contribution in [2.45, 2.75) is 11.8 Å². The van der Waals surface area contributed by atoms with E-state index in [0.29, 0.717) is 6.54 Å². The number of rotatable bonds is 3. The molecule has 2 nitrogen and oxygen atoms in total. The van der Waals surface area contributed by atoms with Crippen LogP contribution in [0.25, 0.3) is 0 Å². The summed E-state index contributed by atoms with van der Waals surface area (Å²) in [5.41, 5.74) is 0.980. The number of hydrogen-bond acceptors (Lipinski definition) is 1. The predicted molar refractivity (Wildman–Crippen MR) is 56.8 cm³/mol. The van der Waals surface area contributed by atoms with Crippen LogP contribution in [-0.4, -0.2) is 12.5 Å². The molecule has 1 amide bonds. The van der Waals surface area contributed by atoms with E-state index in [2.05, 4.69) is 21.2 Å². The molecule has 0 fully saturated rings. The van der Waals surface area contributed by atoms with Crippen molar-refractivity contribution in [1.29, 1.82) is 0 Å². The maximum Gasteiger partial charge on any atom is 0.238 e. The van der Waals surface area contributed by atoms with Gasteiger partial charge < -0.3 is 5.32 Å². The largest absolute Gasteiger partial charge is 0.355 e. The maximum atomic E-state index is 11.4. The Labute approximate surface area is 86.5 Å². The standard InChI is InChI=1S/C10H12BrNO/c1-2-12-10(13)9(11)8-6-4-3-5-7-8/h3-7,9H,2H2,1H3,(H,12,13)/t9-/m0/s1. The summed E-state index contributed by atoms with van der Waals surface area (Å²) < 4.78 is 0. The zero-order valence-corrected chi connectivity index (χ0v) is 9.04. The predicted octanol–water partition coefficient (Wildman–Crippen LogP) is 2.26. The summed E-state index contributed by atoms with van der Waals surface area (Å²) >= 11 is 3.34. The summed E-state index contributed by atoms with van der Waals surface area (Å²) in [5.74, 6) is 0.00806. The molecule has 0 saturated carbocycles. The molecular formula is C10H12BrNO. The van der Waals surface area contributed by atoms with Gasteiger partial charge in [-0.05, 0) is 12.5 Å². The van der Waals surface area contributed by atoms with Gasteiger partial charge in [0.15, 0.2) is 0 Å². The first kappa shape index (κ1) is 10.3. The summed E-state index contributed by atoms with van der Waals surface area (Å²) in [6, 6.07) is 9.62. The number of hydrogen-bond donors (Lipinski definition) is 1. The van der Waals surface area contributed by atoms with E-state index in [4.69, 9.17) is 0 Å². The van der Waals surface area contributed by atoms with Crippen LogP contribution in [0.4, 0.5) is 0 Å². The van der Waals surface area contributed by atoms with Crippen LogP contribution in [0, 0.1) is 0 Å².